The van der Waals surface area contributed by atoms with E-state index < -0.39 is 11.9 Å². The van der Waals surface area contributed by atoms with Gasteiger partial charge in [-0.2, -0.15) is 0 Å². The molecule has 1 amide bonds. The fourth-order valence-electron chi connectivity index (χ4n) is 0.858. The molecule has 7 heteroatoms. The van der Waals surface area contributed by atoms with Gasteiger partial charge < -0.3 is 10.8 Å². The van der Waals surface area contributed by atoms with Crippen LogP contribution in [0.4, 0.5) is 0 Å². The number of carboxylic acid groups (broad SMARTS) is 1. The standard InChI is InChI=1S/C8H9N3O3S/c1-4-2-5(7(9)14)11-8(10-4)15-3-6(12)13/h2H,3H2,1H3,(H2,9,14)(H,12,13). The first kappa shape index (κ1) is 11.4. The van der Waals surface area contributed by atoms with Gasteiger partial charge in [0.1, 0.15) is 5.69 Å². The fraction of sp³-hybridized carbons (Fsp3) is 0.250. The predicted molar refractivity (Wildman–Crippen MR) is 53.6 cm³/mol. The van der Waals surface area contributed by atoms with Gasteiger partial charge in [0.15, 0.2) is 5.16 Å². The average Bonchev–Trinajstić information content (AvgIpc) is 2.13. The Labute approximate surface area is 89.9 Å². The summed E-state index contributed by atoms with van der Waals surface area (Å²) in [5.41, 5.74) is 5.72. The first-order chi connectivity index (χ1) is 6.99. The van der Waals surface area contributed by atoms with Gasteiger partial charge in [0, 0.05) is 5.69 Å². The van der Waals surface area contributed by atoms with Crippen molar-refractivity contribution in [3.8, 4) is 0 Å². The molecule has 0 aromatic carbocycles. The average molecular weight is 227 g/mol. The normalized spacial score (nSPS) is 9.93. The molecule has 80 valence electrons. The molecule has 15 heavy (non-hydrogen) atoms. The number of aliphatic carboxylic acids is 1. The maximum Gasteiger partial charge on any atom is 0.313 e. The minimum absolute atomic E-state index is 0.0930. The lowest BCUT2D eigenvalue weighted by Crippen LogP contribution is -2.14. The fourth-order valence-corrected chi connectivity index (χ4v) is 1.48. The topological polar surface area (TPSA) is 106 Å². The van der Waals surface area contributed by atoms with Crippen molar-refractivity contribution in [2.24, 2.45) is 5.73 Å². The van der Waals surface area contributed by atoms with Crippen molar-refractivity contribution >= 4 is 23.6 Å². The van der Waals surface area contributed by atoms with Crippen LogP contribution in [0.1, 0.15) is 16.2 Å². The van der Waals surface area contributed by atoms with Crippen molar-refractivity contribution in [3.63, 3.8) is 0 Å². The summed E-state index contributed by atoms with van der Waals surface area (Å²) in [5, 5.41) is 8.70. The third kappa shape index (κ3) is 3.55. The van der Waals surface area contributed by atoms with Gasteiger partial charge in [-0.15, -0.1) is 0 Å². The lowest BCUT2D eigenvalue weighted by molar-refractivity contribution is -0.133. The number of amides is 1. The molecule has 0 unspecified atom stereocenters. The van der Waals surface area contributed by atoms with Gasteiger partial charge in [-0.25, -0.2) is 9.97 Å². The molecule has 1 aromatic heterocycles. The number of hydrogen-bond donors (Lipinski definition) is 2. The second kappa shape index (κ2) is 4.74. The second-order valence-electron chi connectivity index (χ2n) is 2.72. The zero-order valence-corrected chi connectivity index (χ0v) is 8.74. The molecule has 0 saturated carbocycles. The Morgan fingerprint density at radius 1 is 1.53 bits per heavy atom. The number of carbonyl (C=O) groups excluding carboxylic acids is 1. The highest BCUT2D eigenvalue weighted by atomic mass is 32.2. The Balaban J connectivity index is 2.88. The van der Waals surface area contributed by atoms with Crippen LogP contribution in [0, 0.1) is 6.92 Å². The van der Waals surface area contributed by atoms with Crippen LogP contribution >= 0.6 is 11.8 Å². The molecule has 6 nitrogen and oxygen atoms in total. The molecule has 1 heterocycles. The Kier molecular flexibility index (Phi) is 3.62. The SMILES string of the molecule is Cc1cc(C(N)=O)nc(SCC(=O)O)n1. The first-order valence-electron chi connectivity index (χ1n) is 3.99. The molecule has 0 fully saturated rings. The highest BCUT2D eigenvalue weighted by Gasteiger charge is 2.08. The minimum Gasteiger partial charge on any atom is -0.481 e. The van der Waals surface area contributed by atoms with E-state index in [4.69, 9.17) is 10.8 Å². The molecule has 0 spiro atoms. The third-order valence-electron chi connectivity index (χ3n) is 1.41. The second-order valence-corrected chi connectivity index (χ2v) is 3.67. The van der Waals surface area contributed by atoms with E-state index in [9.17, 15) is 9.59 Å². The number of aromatic nitrogens is 2. The molecule has 0 aliphatic rings. The molecule has 1 rings (SSSR count). The molecule has 1 aromatic rings. The summed E-state index contributed by atoms with van der Waals surface area (Å²) in [4.78, 5) is 28.9. The van der Waals surface area contributed by atoms with Crippen LogP contribution < -0.4 is 5.73 Å². The van der Waals surface area contributed by atoms with Crippen molar-refractivity contribution in [2.75, 3.05) is 5.75 Å². The smallest absolute Gasteiger partial charge is 0.313 e. The van der Waals surface area contributed by atoms with Gasteiger partial charge in [0.05, 0.1) is 5.75 Å². The zero-order valence-electron chi connectivity index (χ0n) is 7.93. The summed E-state index contributed by atoms with van der Waals surface area (Å²) < 4.78 is 0. The van der Waals surface area contributed by atoms with E-state index in [2.05, 4.69) is 9.97 Å². The molecule has 0 aliphatic heterocycles. The number of aryl methyl sites for hydroxylation is 1. The third-order valence-corrected chi connectivity index (χ3v) is 2.24. The molecule has 0 saturated heterocycles. The van der Waals surface area contributed by atoms with E-state index in [-0.39, 0.29) is 16.6 Å². The van der Waals surface area contributed by atoms with E-state index in [0.29, 0.717) is 5.69 Å². The van der Waals surface area contributed by atoms with Gasteiger partial charge >= 0.3 is 5.97 Å². The summed E-state index contributed by atoms with van der Waals surface area (Å²) >= 11 is 0.945. The molecular weight excluding hydrogens is 218 g/mol. The van der Waals surface area contributed by atoms with Gasteiger partial charge in [-0.1, -0.05) is 11.8 Å². The highest BCUT2D eigenvalue weighted by Crippen LogP contribution is 2.13. The van der Waals surface area contributed by atoms with Crippen molar-refractivity contribution in [2.45, 2.75) is 12.1 Å². The zero-order chi connectivity index (χ0) is 11.4. The molecular formula is C8H9N3O3S. The number of carboxylic acids is 1. The van der Waals surface area contributed by atoms with E-state index in [1.807, 2.05) is 0 Å². The highest BCUT2D eigenvalue weighted by molar-refractivity contribution is 7.99. The lowest BCUT2D eigenvalue weighted by atomic mass is 10.3. The molecule has 3 N–H and O–H groups in total. The summed E-state index contributed by atoms with van der Waals surface area (Å²) in [6.45, 7) is 1.68. The number of nitrogens with two attached hydrogens (primary N) is 1. The van der Waals surface area contributed by atoms with E-state index in [1.165, 1.54) is 6.07 Å². The van der Waals surface area contributed by atoms with Gasteiger partial charge in [0.25, 0.3) is 5.91 Å². The first-order valence-corrected chi connectivity index (χ1v) is 4.97. The van der Waals surface area contributed by atoms with Crippen LogP contribution in [0.15, 0.2) is 11.2 Å². The lowest BCUT2D eigenvalue weighted by Gasteiger charge is -2.01. The van der Waals surface area contributed by atoms with Gasteiger partial charge in [-0.05, 0) is 13.0 Å². The number of hydrogen-bond acceptors (Lipinski definition) is 5. The molecule has 0 radical (unpaired) electrons. The van der Waals surface area contributed by atoms with Crippen LogP contribution in [0.25, 0.3) is 0 Å². The summed E-state index contributed by atoms with van der Waals surface area (Å²) in [7, 11) is 0. The summed E-state index contributed by atoms with van der Waals surface area (Å²) in [5.74, 6) is -1.77. The Bertz CT molecular complexity index is 408. The Hall–Kier alpha value is -1.63. The summed E-state index contributed by atoms with van der Waals surface area (Å²) in [6, 6.07) is 1.45. The predicted octanol–water partition coefficient (Wildman–Crippen LogP) is 0.0606. The number of nitrogens with zero attached hydrogens (tertiary/aromatic N) is 2. The van der Waals surface area contributed by atoms with Crippen LogP contribution in [-0.4, -0.2) is 32.7 Å². The monoisotopic (exact) mass is 227 g/mol. The molecule has 0 bridgehead atoms. The minimum atomic E-state index is -0.967. The summed E-state index contributed by atoms with van der Waals surface area (Å²) in [6.07, 6.45) is 0. The maximum absolute atomic E-state index is 10.8. The Morgan fingerprint density at radius 3 is 2.73 bits per heavy atom. The van der Waals surface area contributed by atoms with Crippen LogP contribution in [-0.2, 0) is 4.79 Å². The number of carbonyl (C=O) groups is 2. The molecule has 0 atom stereocenters. The van der Waals surface area contributed by atoms with E-state index >= 15 is 0 Å². The van der Waals surface area contributed by atoms with Gasteiger partial charge in [-0.3, -0.25) is 9.59 Å². The number of thioether (sulfide) groups is 1. The number of rotatable bonds is 4. The van der Waals surface area contributed by atoms with E-state index in [1.54, 1.807) is 6.92 Å². The van der Waals surface area contributed by atoms with Crippen LogP contribution in [0.2, 0.25) is 0 Å². The van der Waals surface area contributed by atoms with Crippen LogP contribution in [0.3, 0.4) is 0 Å². The number of primary amides is 1. The largest absolute Gasteiger partial charge is 0.481 e. The van der Waals surface area contributed by atoms with Crippen molar-refractivity contribution < 1.29 is 14.7 Å². The van der Waals surface area contributed by atoms with E-state index in [0.717, 1.165) is 11.8 Å². The maximum atomic E-state index is 10.8. The van der Waals surface area contributed by atoms with Gasteiger partial charge in [0.2, 0.25) is 0 Å². The van der Waals surface area contributed by atoms with Crippen molar-refractivity contribution in [1.29, 1.82) is 0 Å². The quantitative estimate of drug-likeness (QED) is 0.556. The van der Waals surface area contributed by atoms with Crippen LogP contribution in [0.5, 0.6) is 0 Å². The molecule has 0 aliphatic carbocycles. The van der Waals surface area contributed by atoms with Crippen molar-refractivity contribution in [1.82, 2.24) is 9.97 Å². The van der Waals surface area contributed by atoms with Crippen molar-refractivity contribution in [3.05, 3.63) is 17.5 Å². The Morgan fingerprint density at radius 2 is 2.20 bits per heavy atom.